The Morgan fingerprint density at radius 1 is 1.35 bits per heavy atom. The van der Waals surface area contributed by atoms with E-state index < -0.39 is 5.54 Å². The maximum absolute atomic E-state index is 12.4. The number of likely N-dealkylation sites (N-methyl/N-ethyl adjacent to an activating group) is 1. The smallest absolute Gasteiger partial charge is 0.242 e. The Morgan fingerprint density at radius 2 is 2.00 bits per heavy atom. The molecular formula is C13H25N3O. The molecule has 0 bridgehead atoms. The van der Waals surface area contributed by atoms with Gasteiger partial charge in [-0.2, -0.15) is 0 Å². The molecule has 1 N–H and O–H groups in total. The van der Waals surface area contributed by atoms with Gasteiger partial charge in [0.1, 0.15) is 0 Å². The van der Waals surface area contributed by atoms with Gasteiger partial charge in [0.15, 0.2) is 0 Å². The minimum absolute atomic E-state index is 0.253. The highest BCUT2D eigenvalue weighted by Gasteiger charge is 2.49. The summed E-state index contributed by atoms with van der Waals surface area (Å²) in [5.74, 6) is 0.253. The van der Waals surface area contributed by atoms with E-state index in [0.717, 1.165) is 26.2 Å². The topological polar surface area (TPSA) is 35.6 Å². The fraction of sp³-hybridized carbons (Fsp3) is 0.923. The van der Waals surface area contributed by atoms with Crippen molar-refractivity contribution in [2.24, 2.45) is 5.41 Å². The molecule has 0 aromatic heterocycles. The van der Waals surface area contributed by atoms with Crippen LogP contribution in [0.15, 0.2) is 0 Å². The monoisotopic (exact) mass is 239 g/mol. The van der Waals surface area contributed by atoms with Crippen molar-refractivity contribution in [3.8, 4) is 0 Å². The Labute approximate surface area is 104 Å². The van der Waals surface area contributed by atoms with E-state index in [2.05, 4.69) is 29.2 Å². The molecular weight excluding hydrogens is 214 g/mol. The van der Waals surface area contributed by atoms with Gasteiger partial charge in [-0.1, -0.05) is 0 Å². The number of carbonyl (C=O) groups excluding carboxylic acids is 1. The van der Waals surface area contributed by atoms with Crippen molar-refractivity contribution in [1.82, 2.24) is 15.1 Å². The minimum Gasteiger partial charge on any atom is -0.339 e. The fourth-order valence-corrected chi connectivity index (χ4v) is 2.42. The second-order valence-corrected chi connectivity index (χ2v) is 6.51. The van der Waals surface area contributed by atoms with E-state index in [4.69, 9.17) is 0 Å². The van der Waals surface area contributed by atoms with Gasteiger partial charge in [0.2, 0.25) is 5.91 Å². The highest BCUT2D eigenvalue weighted by atomic mass is 16.2. The van der Waals surface area contributed by atoms with Crippen LogP contribution in [0.3, 0.4) is 0 Å². The Hall–Kier alpha value is -0.610. The molecule has 1 saturated carbocycles. The van der Waals surface area contributed by atoms with Gasteiger partial charge in [0.25, 0.3) is 0 Å². The van der Waals surface area contributed by atoms with Gasteiger partial charge in [0.05, 0.1) is 5.54 Å². The van der Waals surface area contributed by atoms with Crippen LogP contribution >= 0.6 is 0 Å². The molecule has 1 saturated heterocycles. The molecule has 1 heterocycles. The molecule has 4 nitrogen and oxygen atoms in total. The average Bonchev–Trinajstić information content (AvgIpc) is 3.01. The lowest BCUT2D eigenvalue weighted by molar-refractivity contribution is -0.136. The van der Waals surface area contributed by atoms with E-state index in [1.54, 1.807) is 0 Å². The quantitative estimate of drug-likeness (QED) is 0.781. The van der Waals surface area contributed by atoms with E-state index in [0.29, 0.717) is 5.41 Å². The Kier molecular flexibility index (Phi) is 3.21. The number of hydrogen-bond acceptors (Lipinski definition) is 3. The molecule has 1 aliphatic carbocycles. The molecule has 0 unspecified atom stereocenters. The van der Waals surface area contributed by atoms with E-state index >= 15 is 0 Å². The molecule has 0 aromatic carbocycles. The summed E-state index contributed by atoms with van der Waals surface area (Å²) in [6.07, 6.45) is 2.53. The van der Waals surface area contributed by atoms with Crippen LogP contribution in [0.2, 0.25) is 0 Å². The Morgan fingerprint density at radius 3 is 2.53 bits per heavy atom. The molecule has 2 aliphatic rings. The van der Waals surface area contributed by atoms with Crippen molar-refractivity contribution in [1.29, 1.82) is 0 Å². The van der Waals surface area contributed by atoms with Gasteiger partial charge in [0, 0.05) is 31.6 Å². The molecule has 0 aromatic rings. The summed E-state index contributed by atoms with van der Waals surface area (Å²) in [4.78, 5) is 16.6. The van der Waals surface area contributed by atoms with Crippen LogP contribution in [-0.4, -0.2) is 61.5 Å². The summed E-state index contributed by atoms with van der Waals surface area (Å²) in [5.41, 5.74) is -0.0197. The molecule has 2 rings (SSSR count). The fourth-order valence-electron chi connectivity index (χ4n) is 2.42. The predicted molar refractivity (Wildman–Crippen MR) is 68.9 cm³/mol. The second-order valence-electron chi connectivity index (χ2n) is 6.51. The lowest BCUT2D eigenvalue weighted by Crippen LogP contribution is -2.52. The highest BCUT2D eigenvalue weighted by molar-refractivity contribution is 5.86. The van der Waals surface area contributed by atoms with Crippen molar-refractivity contribution in [2.45, 2.75) is 32.2 Å². The van der Waals surface area contributed by atoms with Crippen LogP contribution in [-0.2, 0) is 4.79 Å². The first-order valence-corrected chi connectivity index (χ1v) is 6.54. The van der Waals surface area contributed by atoms with Crippen LogP contribution < -0.4 is 5.32 Å². The zero-order chi connectivity index (χ0) is 12.7. The van der Waals surface area contributed by atoms with Gasteiger partial charge in [-0.25, -0.2) is 0 Å². The lowest BCUT2D eigenvalue weighted by atomic mass is 10.0. The van der Waals surface area contributed by atoms with E-state index in [1.807, 2.05) is 13.8 Å². The lowest BCUT2D eigenvalue weighted by Gasteiger charge is -2.30. The maximum atomic E-state index is 12.4. The molecule has 2 fully saturated rings. The molecule has 4 heteroatoms. The number of carbonyl (C=O) groups is 1. The molecule has 1 amide bonds. The zero-order valence-corrected chi connectivity index (χ0v) is 11.5. The van der Waals surface area contributed by atoms with Gasteiger partial charge in [-0.15, -0.1) is 0 Å². The van der Waals surface area contributed by atoms with Crippen LogP contribution in [0.1, 0.15) is 26.7 Å². The Bertz CT molecular complexity index is 308. The first-order valence-electron chi connectivity index (χ1n) is 6.54. The van der Waals surface area contributed by atoms with E-state index in [9.17, 15) is 4.79 Å². The Balaban J connectivity index is 2.07. The summed E-state index contributed by atoms with van der Waals surface area (Å²) >= 11 is 0. The van der Waals surface area contributed by atoms with Gasteiger partial charge >= 0.3 is 0 Å². The van der Waals surface area contributed by atoms with Crippen LogP contribution in [0.4, 0.5) is 0 Å². The van der Waals surface area contributed by atoms with Gasteiger partial charge < -0.3 is 15.1 Å². The summed E-state index contributed by atoms with van der Waals surface area (Å²) in [5, 5.41) is 3.44. The minimum atomic E-state index is -0.404. The normalized spacial score (nSPS) is 26.4. The summed E-state index contributed by atoms with van der Waals surface area (Å²) < 4.78 is 0. The molecule has 98 valence electrons. The summed E-state index contributed by atoms with van der Waals surface area (Å²) in [6, 6.07) is 0. The van der Waals surface area contributed by atoms with Crippen LogP contribution in [0.25, 0.3) is 0 Å². The molecule has 0 atom stereocenters. The zero-order valence-electron chi connectivity index (χ0n) is 11.5. The SMILES string of the molecule is CN(C)CCN1CC2(CC2)CNC(C)(C)C1=O. The predicted octanol–water partition coefficient (Wildman–Crippen LogP) is 0.539. The number of nitrogens with one attached hydrogen (secondary N) is 1. The van der Waals surface area contributed by atoms with Crippen LogP contribution in [0.5, 0.6) is 0 Å². The van der Waals surface area contributed by atoms with Gasteiger partial charge in [-0.05, 0) is 40.8 Å². The molecule has 1 spiro atoms. The second kappa shape index (κ2) is 4.25. The molecule has 0 radical (unpaired) electrons. The maximum Gasteiger partial charge on any atom is 0.242 e. The summed E-state index contributed by atoms with van der Waals surface area (Å²) in [7, 11) is 4.11. The third kappa shape index (κ3) is 2.80. The van der Waals surface area contributed by atoms with Gasteiger partial charge in [-0.3, -0.25) is 4.79 Å². The molecule has 1 aliphatic heterocycles. The number of hydrogen-bond donors (Lipinski definition) is 1. The molecule has 17 heavy (non-hydrogen) atoms. The van der Waals surface area contributed by atoms with Crippen LogP contribution in [0, 0.1) is 5.41 Å². The third-order valence-electron chi connectivity index (χ3n) is 4.03. The number of rotatable bonds is 3. The number of nitrogens with zero attached hydrogens (tertiary/aromatic N) is 2. The van der Waals surface area contributed by atoms with Crippen molar-refractivity contribution in [3.05, 3.63) is 0 Å². The van der Waals surface area contributed by atoms with Crippen molar-refractivity contribution < 1.29 is 4.79 Å². The highest BCUT2D eigenvalue weighted by Crippen LogP contribution is 2.47. The van der Waals surface area contributed by atoms with Crippen molar-refractivity contribution in [2.75, 3.05) is 40.3 Å². The van der Waals surface area contributed by atoms with Crippen molar-refractivity contribution in [3.63, 3.8) is 0 Å². The number of amides is 1. The van der Waals surface area contributed by atoms with E-state index in [1.165, 1.54) is 12.8 Å². The first kappa shape index (κ1) is 12.8. The van der Waals surface area contributed by atoms with Crippen molar-refractivity contribution >= 4 is 5.91 Å². The summed E-state index contributed by atoms with van der Waals surface area (Å²) in [6.45, 7) is 7.72. The standard InChI is InChI=1S/C13H25N3O/c1-12(2)11(17)16(8-7-15(3)4)10-13(5-6-13)9-14-12/h14H,5-10H2,1-4H3. The first-order chi connectivity index (χ1) is 7.85. The average molecular weight is 239 g/mol. The third-order valence-corrected chi connectivity index (χ3v) is 4.03. The largest absolute Gasteiger partial charge is 0.339 e. The van der Waals surface area contributed by atoms with E-state index in [-0.39, 0.29) is 5.91 Å².